The number of methoxy groups -OCH3 is 1. The molecule has 0 atom stereocenters. The standard InChI is InChI=1S/C20H26ClNO3.ClH/c1-3-24-19-11-6-9-16(14-22-12-7-13-23-2)20(19)25-15-17-8-4-5-10-18(17)21;/h4-6,8-11,22H,3,7,12-15H2,1-2H3;1H. The van der Waals surface area contributed by atoms with E-state index in [-0.39, 0.29) is 12.4 Å². The number of para-hydroxylation sites is 1. The molecule has 0 aliphatic heterocycles. The number of hydrogen-bond donors (Lipinski definition) is 1. The monoisotopic (exact) mass is 399 g/mol. The van der Waals surface area contributed by atoms with E-state index >= 15 is 0 Å². The molecule has 0 radical (unpaired) electrons. The second kappa shape index (κ2) is 12.8. The Morgan fingerprint density at radius 3 is 2.50 bits per heavy atom. The van der Waals surface area contributed by atoms with E-state index in [2.05, 4.69) is 5.32 Å². The highest BCUT2D eigenvalue weighted by atomic mass is 35.5. The smallest absolute Gasteiger partial charge is 0.166 e. The van der Waals surface area contributed by atoms with Gasteiger partial charge in [-0.1, -0.05) is 41.9 Å². The first kappa shape index (κ1) is 22.6. The van der Waals surface area contributed by atoms with E-state index in [4.69, 9.17) is 25.8 Å². The second-order valence-electron chi connectivity index (χ2n) is 5.58. The Bertz CT molecular complexity index is 653. The molecule has 0 heterocycles. The van der Waals surface area contributed by atoms with E-state index in [1.807, 2.05) is 49.4 Å². The van der Waals surface area contributed by atoms with Crippen LogP contribution in [-0.2, 0) is 17.9 Å². The summed E-state index contributed by atoms with van der Waals surface area (Å²) in [6.07, 6.45) is 0.970. The minimum atomic E-state index is 0. The van der Waals surface area contributed by atoms with E-state index in [1.54, 1.807) is 7.11 Å². The molecular weight excluding hydrogens is 373 g/mol. The van der Waals surface area contributed by atoms with Crippen LogP contribution in [0.25, 0.3) is 0 Å². The lowest BCUT2D eigenvalue weighted by atomic mass is 10.1. The Morgan fingerprint density at radius 2 is 1.77 bits per heavy atom. The Balaban J connectivity index is 0.00000338. The van der Waals surface area contributed by atoms with Crippen molar-refractivity contribution >= 4 is 24.0 Å². The van der Waals surface area contributed by atoms with Gasteiger partial charge >= 0.3 is 0 Å². The molecule has 0 saturated heterocycles. The lowest BCUT2D eigenvalue weighted by molar-refractivity contribution is 0.194. The van der Waals surface area contributed by atoms with Gasteiger partial charge in [0.25, 0.3) is 0 Å². The van der Waals surface area contributed by atoms with Crippen molar-refractivity contribution in [3.63, 3.8) is 0 Å². The van der Waals surface area contributed by atoms with Gasteiger partial charge in [0.15, 0.2) is 11.5 Å². The third-order valence-corrected chi connectivity index (χ3v) is 4.08. The van der Waals surface area contributed by atoms with Crippen LogP contribution in [0.5, 0.6) is 11.5 Å². The van der Waals surface area contributed by atoms with Crippen LogP contribution in [0.2, 0.25) is 5.02 Å². The van der Waals surface area contributed by atoms with Crippen LogP contribution in [-0.4, -0.2) is 26.9 Å². The molecule has 0 saturated carbocycles. The average molecular weight is 400 g/mol. The normalized spacial score (nSPS) is 10.3. The third kappa shape index (κ3) is 7.04. The molecule has 2 aromatic carbocycles. The molecule has 0 spiro atoms. The summed E-state index contributed by atoms with van der Waals surface area (Å²) in [5.41, 5.74) is 2.02. The van der Waals surface area contributed by atoms with E-state index in [0.29, 0.717) is 24.8 Å². The number of hydrogen-bond acceptors (Lipinski definition) is 4. The summed E-state index contributed by atoms with van der Waals surface area (Å²) in [5, 5.41) is 4.12. The predicted octanol–water partition coefficient (Wildman–Crippen LogP) is 4.87. The van der Waals surface area contributed by atoms with Gasteiger partial charge in [-0.15, -0.1) is 12.4 Å². The lowest BCUT2D eigenvalue weighted by Gasteiger charge is -2.17. The topological polar surface area (TPSA) is 39.7 Å². The summed E-state index contributed by atoms with van der Waals surface area (Å²) in [6, 6.07) is 13.7. The van der Waals surface area contributed by atoms with E-state index < -0.39 is 0 Å². The molecule has 144 valence electrons. The van der Waals surface area contributed by atoms with E-state index in [1.165, 1.54) is 0 Å². The molecule has 0 aliphatic rings. The summed E-state index contributed by atoms with van der Waals surface area (Å²) < 4.78 is 16.9. The fraction of sp³-hybridized carbons (Fsp3) is 0.400. The highest BCUT2D eigenvalue weighted by Crippen LogP contribution is 2.32. The van der Waals surface area contributed by atoms with Crippen LogP contribution in [0.4, 0.5) is 0 Å². The summed E-state index contributed by atoms with van der Waals surface area (Å²) in [6.45, 7) is 5.31. The van der Waals surface area contributed by atoms with Crippen molar-refractivity contribution in [2.75, 3.05) is 26.9 Å². The van der Waals surface area contributed by atoms with Crippen molar-refractivity contribution in [1.29, 1.82) is 0 Å². The first-order valence-corrected chi connectivity index (χ1v) is 8.94. The molecule has 0 aromatic heterocycles. The van der Waals surface area contributed by atoms with Gasteiger partial charge in [-0.2, -0.15) is 0 Å². The van der Waals surface area contributed by atoms with Crippen molar-refractivity contribution in [3.05, 3.63) is 58.6 Å². The van der Waals surface area contributed by atoms with Crippen LogP contribution >= 0.6 is 24.0 Å². The molecule has 1 N–H and O–H groups in total. The fourth-order valence-corrected chi connectivity index (χ4v) is 2.65. The number of halogens is 2. The summed E-state index contributed by atoms with van der Waals surface area (Å²) in [5.74, 6) is 1.52. The van der Waals surface area contributed by atoms with Crippen LogP contribution in [0.1, 0.15) is 24.5 Å². The highest BCUT2D eigenvalue weighted by molar-refractivity contribution is 6.31. The summed E-state index contributed by atoms with van der Waals surface area (Å²) >= 11 is 6.23. The molecule has 6 heteroatoms. The maximum atomic E-state index is 6.23. The van der Waals surface area contributed by atoms with Crippen molar-refractivity contribution in [3.8, 4) is 11.5 Å². The maximum absolute atomic E-state index is 6.23. The van der Waals surface area contributed by atoms with Gasteiger partial charge in [0.2, 0.25) is 0 Å². The number of ether oxygens (including phenoxy) is 3. The maximum Gasteiger partial charge on any atom is 0.166 e. The largest absolute Gasteiger partial charge is 0.490 e. The molecule has 2 rings (SSSR count). The van der Waals surface area contributed by atoms with Crippen LogP contribution in [0.3, 0.4) is 0 Å². The van der Waals surface area contributed by atoms with Gasteiger partial charge in [0.1, 0.15) is 6.61 Å². The minimum Gasteiger partial charge on any atom is -0.490 e. The van der Waals surface area contributed by atoms with E-state index in [9.17, 15) is 0 Å². The fourth-order valence-electron chi connectivity index (χ4n) is 2.46. The Hall–Kier alpha value is -1.46. The minimum absolute atomic E-state index is 0. The SMILES string of the molecule is CCOc1cccc(CNCCCOC)c1OCc1ccccc1Cl.Cl. The van der Waals surface area contributed by atoms with Gasteiger partial charge < -0.3 is 19.5 Å². The Labute approximate surface area is 167 Å². The number of rotatable bonds is 11. The molecular formula is C20H27Cl2NO3. The molecule has 0 aliphatic carbocycles. The Kier molecular flexibility index (Phi) is 11.1. The number of nitrogens with one attached hydrogen (secondary N) is 1. The van der Waals surface area contributed by atoms with Crippen molar-refractivity contribution in [2.24, 2.45) is 0 Å². The van der Waals surface area contributed by atoms with Crippen LogP contribution in [0.15, 0.2) is 42.5 Å². The zero-order valence-electron chi connectivity index (χ0n) is 15.3. The average Bonchev–Trinajstić information content (AvgIpc) is 2.62. The van der Waals surface area contributed by atoms with Crippen molar-refractivity contribution < 1.29 is 14.2 Å². The van der Waals surface area contributed by atoms with Gasteiger partial charge in [0.05, 0.1) is 6.61 Å². The van der Waals surface area contributed by atoms with Crippen LogP contribution in [0, 0.1) is 0 Å². The molecule has 0 fully saturated rings. The summed E-state index contributed by atoms with van der Waals surface area (Å²) in [4.78, 5) is 0. The summed E-state index contributed by atoms with van der Waals surface area (Å²) in [7, 11) is 1.71. The molecule has 0 bridgehead atoms. The molecule has 4 nitrogen and oxygen atoms in total. The number of benzene rings is 2. The lowest BCUT2D eigenvalue weighted by Crippen LogP contribution is -2.17. The van der Waals surface area contributed by atoms with Gasteiger partial charge in [-0.3, -0.25) is 0 Å². The third-order valence-electron chi connectivity index (χ3n) is 3.71. The van der Waals surface area contributed by atoms with Crippen molar-refractivity contribution in [1.82, 2.24) is 5.32 Å². The molecule has 0 unspecified atom stereocenters. The quantitative estimate of drug-likeness (QED) is 0.547. The zero-order valence-corrected chi connectivity index (χ0v) is 16.9. The molecule has 26 heavy (non-hydrogen) atoms. The molecule has 2 aromatic rings. The van der Waals surface area contributed by atoms with Gasteiger partial charge in [-0.25, -0.2) is 0 Å². The highest BCUT2D eigenvalue weighted by Gasteiger charge is 2.12. The first-order chi connectivity index (χ1) is 12.3. The van der Waals surface area contributed by atoms with Gasteiger partial charge in [0, 0.05) is 36.4 Å². The van der Waals surface area contributed by atoms with Crippen LogP contribution < -0.4 is 14.8 Å². The Morgan fingerprint density at radius 1 is 1.00 bits per heavy atom. The zero-order chi connectivity index (χ0) is 17.9. The van der Waals surface area contributed by atoms with E-state index in [0.717, 1.165) is 42.2 Å². The van der Waals surface area contributed by atoms with Gasteiger partial charge in [-0.05, 0) is 32.0 Å². The second-order valence-corrected chi connectivity index (χ2v) is 5.99. The van der Waals surface area contributed by atoms with Crippen molar-refractivity contribution in [2.45, 2.75) is 26.5 Å². The first-order valence-electron chi connectivity index (χ1n) is 8.56. The molecule has 0 amide bonds. The predicted molar refractivity (Wildman–Crippen MR) is 109 cm³/mol.